The summed E-state index contributed by atoms with van der Waals surface area (Å²) in [6, 6.07) is 3.60. The largest absolute Gasteiger partial charge is 0.380 e. The maximum absolute atomic E-state index is 13.1. The third-order valence-corrected chi connectivity index (χ3v) is 5.32. The predicted molar refractivity (Wildman–Crippen MR) is 64.4 cm³/mol. The first-order chi connectivity index (χ1) is 7.96. The van der Waals surface area contributed by atoms with E-state index in [2.05, 4.69) is 10.6 Å². The molecule has 0 saturated carbocycles. The van der Waals surface area contributed by atoms with Gasteiger partial charge in [-0.2, -0.15) is 0 Å². The van der Waals surface area contributed by atoms with E-state index in [0.29, 0.717) is 12.2 Å². The summed E-state index contributed by atoms with van der Waals surface area (Å²) in [5.74, 6) is -0.535. The lowest BCUT2D eigenvalue weighted by molar-refractivity contribution is 0.546. The molecule has 1 aliphatic heterocycles. The van der Waals surface area contributed by atoms with E-state index in [1.165, 1.54) is 12.1 Å². The van der Waals surface area contributed by atoms with Crippen LogP contribution in [0.1, 0.15) is 6.92 Å². The first-order valence-corrected chi connectivity index (χ1v) is 6.96. The van der Waals surface area contributed by atoms with Crippen molar-refractivity contribution < 1.29 is 12.8 Å². The van der Waals surface area contributed by atoms with Crippen LogP contribution in [0.15, 0.2) is 23.1 Å². The smallest absolute Gasteiger partial charge is 0.186 e. The summed E-state index contributed by atoms with van der Waals surface area (Å²) in [5, 5.41) is 5.37. The van der Waals surface area contributed by atoms with Crippen molar-refractivity contribution in [2.45, 2.75) is 23.1 Å². The molecule has 94 valence electrons. The first kappa shape index (κ1) is 12.3. The Morgan fingerprint density at radius 2 is 2.18 bits per heavy atom. The fourth-order valence-corrected chi connectivity index (χ4v) is 4.14. The van der Waals surface area contributed by atoms with Crippen LogP contribution < -0.4 is 10.6 Å². The lowest BCUT2D eigenvalue weighted by Crippen LogP contribution is -2.47. The Morgan fingerprint density at radius 1 is 1.47 bits per heavy atom. The molecule has 4 nitrogen and oxygen atoms in total. The van der Waals surface area contributed by atoms with E-state index in [1.54, 1.807) is 7.05 Å². The quantitative estimate of drug-likeness (QED) is 0.831. The number of benzene rings is 1. The summed E-state index contributed by atoms with van der Waals surface area (Å²) in [4.78, 5) is 0.0517. The van der Waals surface area contributed by atoms with Crippen LogP contribution in [0.2, 0.25) is 0 Å². The molecule has 0 aliphatic carbocycles. The van der Waals surface area contributed by atoms with Gasteiger partial charge in [0.25, 0.3) is 0 Å². The van der Waals surface area contributed by atoms with Gasteiger partial charge < -0.3 is 10.6 Å². The molecule has 6 heteroatoms. The highest BCUT2D eigenvalue weighted by Crippen LogP contribution is 2.32. The summed E-state index contributed by atoms with van der Waals surface area (Å²) < 4.78 is 37.8. The lowest BCUT2D eigenvalue weighted by Gasteiger charge is -2.32. The van der Waals surface area contributed by atoms with Crippen molar-refractivity contribution in [3.05, 3.63) is 24.0 Å². The molecule has 0 spiro atoms. The molecule has 0 amide bonds. The zero-order valence-corrected chi connectivity index (χ0v) is 10.5. The Balaban J connectivity index is 2.55. The Morgan fingerprint density at radius 3 is 2.82 bits per heavy atom. The molecule has 2 atom stereocenters. The first-order valence-electron chi connectivity index (χ1n) is 5.41. The molecule has 1 aromatic rings. The van der Waals surface area contributed by atoms with Crippen LogP contribution in [0.25, 0.3) is 0 Å². The van der Waals surface area contributed by atoms with Crippen LogP contribution in [0.4, 0.5) is 10.1 Å². The van der Waals surface area contributed by atoms with Gasteiger partial charge in [-0.25, -0.2) is 12.8 Å². The van der Waals surface area contributed by atoms with Crippen LogP contribution in [-0.4, -0.2) is 33.3 Å². The van der Waals surface area contributed by atoms with Crippen molar-refractivity contribution in [1.29, 1.82) is 0 Å². The van der Waals surface area contributed by atoms with Gasteiger partial charge in [0.15, 0.2) is 9.84 Å². The van der Waals surface area contributed by atoms with Gasteiger partial charge in [-0.3, -0.25) is 0 Å². The molecule has 0 aromatic heterocycles. The number of fused-ring (bicyclic) bond motifs is 1. The molecular weight excluding hydrogens is 243 g/mol. The van der Waals surface area contributed by atoms with E-state index < -0.39 is 20.9 Å². The molecule has 1 heterocycles. The lowest BCUT2D eigenvalue weighted by atomic mass is 10.2. The standard InChI is InChI=1S/C11H15FN2O2S/c1-7-11(6-13-2)17(15,16)10-5-8(12)3-4-9(10)14-7/h3-5,7,11,13-14H,6H2,1-2H3. The van der Waals surface area contributed by atoms with Crippen molar-refractivity contribution in [2.24, 2.45) is 0 Å². The molecular formula is C11H15FN2O2S. The van der Waals surface area contributed by atoms with Crippen molar-refractivity contribution >= 4 is 15.5 Å². The summed E-state index contributed by atoms with van der Waals surface area (Å²) in [5.41, 5.74) is 0.478. The molecule has 0 fully saturated rings. The second-order valence-electron chi connectivity index (χ2n) is 4.21. The second-order valence-corrected chi connectivity index (χ2v) is 6.35. The molecule has 17 heavy (non-hydrogen) atoms. The minimum Gasteiger partial charge on any atom is -0.380 e. The second kappa shape index (κ2) is 4.27. The van der Waals surface area contributed by atoms with Gasteiger partial charge in [-0.15, -0.1) is 0 Å². The summed E-state index contributed by atoms with van der Waals surface area (Å²) >= 11 is 0. The predicted octanol–water partition coefficient (Wildman–Crippen LogP) is 1.00. The molecule has 1 aromatic carbocycles. The zero-order valence-electron chi connectivity index (χ0n) is 9.70. The molecule has 0 radical (unpaired) electrons. The monoisotopic (exact) mass is 258 g/mol. The Bertz CT molecular complexity index is 530. The van der Waals surface area contributed by atoms with E-state index in [0.717, 1.165) is 6.07 Å². The summed E-state index contributed by atoms with van der Waals surface area (Å²) in [6.45, 7) is 2.15. The molecule has 0 bridgehead atoms. The van der Waals surface area contributed by atoms with E-state index in [1.807, 2.05) is 6.92 Å². The average molecular weight is 258 g/mol. The summed E-state index contributed by atoms with van der Waals surface area (Å²) in [6.07, 6.45) is 0. The minimum atomic E-state index is -3.48. The number of halogens is 1. The van der Waals surface area contributed by atoms with E-state index in [9.17, 15) is 12.8 Å². The van der Waals surface area contributed by atoms with Crippen LogP contribution in [-0.2, 0) is 9.84 Å². The Labute approximate surface area is 100 Å². The van der Waals surface area contributed by atoms with Crippen molar-refractivity contribution in [3.8, 4) is 0 Å². The van der Waals surface area contributed by atoms with Crippen molar-refractivity contribution in [2.75, 3.05) is 18.9 Å². The maximum atomic E-state index is 13.1. The molecule has 2 rings (SSSR count). The van der Waals surface area contributed by atoms with Crippen LogP contribution in [0.3, 0.4) is 0 Å². The highest BCUT2D eigenvalue weighted by molar-refractivity contribution is 7.92. The third-order valence-electron chi connectivity index (χ3n) is 2.99. The fraction of sp³-hybridized carbons (Fsp3) is 0.455. The van der Waals surface area contributed by atoms with Gasteiger partial charge >= 0.3 is 0 Å². The number of anilines is 1. The molecule has 1 aliphatic rings. The summed E-state index contributed by atoms with van der Waals surface area (Å²) in [7, 11) is -1.78. The topological polar surface area (TPSA) is 58.2 Å². The number of sulfone groups is 1. The van der Waals surface area contributed by atoms with E-state index in [-0.39, 0.29) is 10.9 Å². The van der Waals surface area contributed by atoms with E-state index in [4.69, 9.17) is 0 Å². The highest BCUT2D eigenvalue weighted by Gasteiger charge is 2.38. The van der Waals surface area contributed by atoms with Crippen LogP contribution >= 0.6 is 0 Å². The normalized spacial score (nSPS) is 26.1. The Kier molecular flexibility index (Phi) is 3.09. The number of hydrogen-bond acceptors (Lipinski definition) is 4. The third kappa shape index (κ3) is 2.02. The van der Waals surface area contributed by atoms with Gasteiger partial charge in [0, 0.05) is 12.6 Å². The SMILES string of the molecule is CNCC1C(C)Nc2ccc(F)cc2S1(=O)=O. The number of rotatable bonds is 2. The zero-order chi connectivity index (χ0) is 12.6. The number of hydrogen-bond donors (Lipinski definition) is 2. The molecule has 2 unspecified atom stereocenters. The Hall–Kier alpha value is -1.14. The van der Waals surface area contributed by atoms with Crippen molar-refractivity contribution in [3.63, 3.8) is 0 Å². The van der Waals surface area contributed by atoms with Crippen LogP contribution in [0, 0.1) is 5.82 Å². The molecule has 2 N–H and O–H groups in total. The molecule has 0 saturated heterocycles. The van der Waals surface area contributed by atoms with Gasteiger partial charge in [0.05, 0.1) is 15.8 Å². The van der Waals surface area contributed by atoms with Gasteiger partial charge in [0.1, 0.15) is 5.82 Å². The van der Waals surface area contributed by atoms with Gasteiger partial charge in [0.2, 0.25) is 0 Å². The minimum absolute atomic E-state index is 0.0517. The highest BCUT2D eigenvalue weighted by atomic mass is 32.2. The maximum Gasteiger partial charge on any atom is 0.186 e. The average Bonchev–Trinajstić information content (AvgIpc) is 2.26. The number of nitrogens with one attached hydrogen (secondary N) is 2. The van der Waals surface area contributed by atoms with Gasteiger partial charge in [-0.05, 0) is 32.2 Å². The van der Waals surface area contributed by atoms with Crippen LogP contribution in [0.5, 0.6) is 0 Å². The van der Waals surface area contributed by atoms with Crippen molar-refractivity contribution in [1.82, 2.24) is 5.32 Å². The van der Waals surface area contributed by atoms with E-state index >= 15 is 0 Å². The van der Waals surface area contributed by atoms with Gasteiger partial charge in [-0.1, -0.05) is 0 Å². The fourth-order valence-electron chi connectivity index (χ4n) is 2.11.